The van der Waals surface area contributed by atoms with Crippen LogP contribution in [0, 0.1) is 5.82 Å². The van der Waals surface area contributed by atoms with Gasteiger partial charge in [-0.3, -0.25) is 0 Å². The molecular formula is C16H22BFO4. The number of hydrogen-bond acceptors (Lipinski definition) is 4. The van der Waals surface area contributed by atoms with E-state index in [2.05, 4.69) is 0 Å². The zero-order chi connectivity index (χ0) is 16.0. The SMILES string of the molecule is CC1(C)OB(c2cc(C3COCCO3)ccc2F)OC1(C)C. The summed E-state index contributed by atoms with van der Waals surface area (Å²) in [5.41, 5.74) is 0.297. The molecule has 2 heterocycles. The Balaban J connectivity index is 1.88. The second-order valence-electron chi connectivity index (χ2n) is 6.80. The van der Waals surface area contributed by atoms with Gasteiger partial charge in [0, 0.05) is 5.46 Å². The van der Waals surface area contributed by atoms with Crippen LogP contribution in [0.3, 0.4) is 0 Å². The smallest absolute Gasteiger partial charge is 0.399 e. The Kier molecular flexibility index (Phi) is 4.06. The van der Waals surface area contributed by atoms with Gasteiger partial charge in [-0.05, 0) is 39.3 Å². The van der Waals surface area contributed by atoms with Gasteiger partial charge < -0.3 is 18.8 Å². The quantitative estimate of drug-likeness (QED) is 0.785. The van der Waals surface area contributed by atoms with Crippen molar-refractivity contribution in [1.82, 2.24) is 0 Å². The van der Waals surface area contributed by atoms with Gasteiger partial charge in [-0.2, -0.15) is 0 Å². The lowest BCUT2D eigenvalue weighted by Gasteiger charge is -2.32. The molecule has 2 aliphatic heterocycles. The summed E-state index contributed by atoms with van der Waals surface area (Å²) in [5.74, 6) is -0.334. The molecule has 0 saturated carbocycles. The average Bonchev–Trinajstić information content (AvgIpc) is 2.69. The molecule has 120 valence electrons. The first-order valence-corrected chi connectivity index (χ1v) is 7.64. The van der Waals surface area contributed by atoms with Crippen LogP contribution in [0.15, 0.2) is 18.2 Å². The molecule has 1 atom stereocenters. The van der Waals surface area contributed by atoms with Crippen molar-refractivity contribution in [1.29, 1.82) is 0 Å². The van der Waals surface area contributed by atoms with Crippen molar-refractivity contribution in [3.63, 3.8) is 0 Å². The van der Waals surface area contributed by atoms with E-state index in [4.69, 9.17) is 18.8 Å². The maximum atomic E-state index is 14.3. The fraction of sp³-hybridized carbons (Fsp3) is 0.625. The lowest BCUT2D eigenvalue weighted by Crippen LogP contribution is -2.41. The fourth-order valence-corrected chi connectivity index (χ4v) is 2.59. The van der Waals surface area contributed by atoms with Crippen LogP contribution in [0.5, 0.6) is 0 Å². The molecule has 0 aliphatic carbocycles. The Labute approximate surface area is 131 Å². The zero-order valence-electron chi connectivity index (χ0n) is 13.5. The highest BCUT2D eigenvalue weighted by Crippen LogP contribution is 2.36. The van der Waals surface area contributed by atoms with Gasteiger partial charge in [0.1, 0.15) is 11.9 Å². The summed E-state index contributed by atoms with van der Waals surface area (Å²) in [5, 5.41) is 0. The van der Waals surface area contributed by atoms with E-state index in [1.807, 2.05) is 27.7 Å². The molecule has 22 heavy (non-hydrogen) atoms. The lowest BCUT2D eigenvalue weighted by molar-refractivity contribution is -0.0901. The molecule has 6 heteroatoms. The highest BCUT2D eigenvalue weighted by molar-refractivity contribution is 6.62. The van der Waals surface area contributed by atoms with Gasteiger partial charge in [0.2, 0.25) is 0 Å². The van der Waals surface area contributed by atoms with E-state index >= 15 is 0 Å². The van der Waals surface area contributed by atoms with Crippen LogP contribution >= 0.6 is 0 Å². The molecule has 0 radical (unpaired) electrons. The van der Waals surface area contributed by atoms with E-state index in [1.54, 1.807) is 12.1 Å². The minimum atomic E-state index is -0.713. The standard InChI is InChI=1S/C16H22BFO4/c1-15(2)16(3,4)22-17(21-15)12-9-11(5-6-13(12)18)14-10-19-7-8-20-14/h5-6,9,14H,7-8,10H2,1-4H3. The maximum absolute atomic E-state index is 14.3. The first-order valence-electron chi connectivity index (χ1n) is 7.64. The van der Waals surface area contributed by atoms with E-state index < -0.39 is 18.3 Å². The Morgan fingerprint density at radius 1 is 1.09 bits per heavy atom. The molecule has 2 aliphatic rings. The highest BCUT2D eigenvalue weighted by atomic mass is 19.1. The predicted molar refractivity (Wildman–Crippen MR) is 81.6 cm³/mol. The summed E-state index contributed by atoms with van der Waals surface area (Å²) < 4.78 is 37.2. The first kappa shape index (κ1) is 15.9. The molecule has 1 unspecified atom stereocenters. The highest BCUT2D eigenvalue weighted by Gasteiger charge is 2.52. The van der Waals surface area contributed by atoms with Gasteiger partial charge in [-0.25, -0.2) is 4.39 Å². The van der Waals surface area contributed by atoms with Crippen LogP contribution in [0.2, 0.25) is 0 Å². The first-order chi connectivity index (χ1) is 10.3. The van der Waals surface area contributed by atoms with Gasteiger partial charge in [-0.1, -0.05) is 12.1 Å². The molecule has 2 saturated heterocycles. The summed E-state index contributed by atoms with van der Waals surface area (Å²) in [6.07, 6.45) is -0.171. The van der Waals surface area contributed by atoms with E-state index in [1.165, 1.54) is 6.07 Å². The average molecular weight is 308 g/mol. The molecule has 1 aromatic carbocycles. The minimum Gasteiger partial charge on any atom is -0.399 e. The van der Waals surface area contributed by atoms with Crippen molar-refractivity contribution < 1.29 is 23.2 Å². The van der Waals surface area contributed by atoms with Gasteiger partial charge >= 0.3 is 7.12 Å². The topological polar surface area (TPSA) is 36.9 Å². The summed E-state index contributed by atoms with van der Waals surface area (Å²) >= 11 is 0. The van der Waals surface area contributed by atoms with Crippen LogP contribution in [0.1, 0.15) is 39.4 Å². The fourth-order valence-electron chi connectivity index (χ4n) is 2.59. The minimum absolute atomic E-state index is 0.171. The number of hydrogen-bond donors (Lipinski definition) is 0. The van der Waals surface area contributed by atoms with Gasteiger partial charge in [0.05, 0.1) is 31.0 Å². The molecule has 0 aromatic heterocycles. The van der Waals surface area contributed by atoms with Crippen molar-refractivity contribution in [2.45, 2.75) is 45.0 Å². The number of halogens is 1. The number of rotatable bonds is 2. The molecule has 0 spiro atoms. The summed E-state index contributed by atoms with van der Waals surface area (Å²) in [7, 11) is -0.713. The van der Waals surface area contributed by atoms with Crippen molar-refractivity contribution in [3.8, 4) is 0 Å². The number of ether oxygens (including phenoxy) is 2. The van der Waals surface area contributed by atoms with Crippen LogP contribution < -0.4 is 5.46 Å². The Morgan fingerprint density at radius 2 is 1.77 bits per heavy atom. The van der Waals surface area contributed by atoms with E-state index in [-0.39, 0.29) is 11.9 Å². The van der Waals surface area contributed by atoms with Crippen LogP contribution in [-0.2, 0) is 18.8 Å². The predicted octanol–water partition coefficient (Wildman–Crippen LogP) is 2.21. The second-order valence-corrected chi connectivity index (χ2v) is 6.80. The monoisotopic (exact) mass is 308 g/mol. The van der Waals surface area contributed by atoms with Crippen LogP contribution in [0.4, 0.5) is 4.39 Å². The molecule has 0 bridgehead atoms. The lowest BCUT2D eigenvalue weighted by atomic mass is 9.77. The van der Waals surface area contributed by atoms with Crippen molar-refractivity contribution in [2.75, 3.05) is 19.8 Å². The Morgan fingerprint density at radius 3 is 2.36 bits per heavy atom. The largest absolute Gasteiger partial charge is 0.497 e. The molecule has 0 amide bonds. The normalized spacial score (nSPS) is 27.1. The number of benzene rings is 1. The van der Waals surface area contributed by atoms with Gasteiger partial charge in [0.15, 0.2) is 0 Å². The molecule has 0 N–H and O–H groups in total. The third-order valence-corrected chi connectivity index (χ3v) is 4.71. The van der Waals surface area contributed by atoms with Crippen LogP contribution in [-0.4, -0.2) is 38.1 Å². The van der Waals surface area contributed by atoms with Crippen molar-refractivity contribution in [2.24, 2.45) is 0 Å². The van der Waals surface area contributed by atoms with Crippen molar-refractivity contribution in [3.05, 3.63) is 29.6 Å². The molecule has 2 fully saturated rings. The zero-order valence-corrected chi connectivity index (χ0v) is 13.5. The third-order valence-electron chi connectivity index (χ3n) is 4.71. The van der Waals surface area contributed by atoms with Gasteiger partial charge in [0.25, 0.3) is 0 Å². The maximum Gasteiger partial charge on any atom is 0.497 e. The van der Waals surface area contributed by atoms with Crippen molar-refractivity contribution >= 4 is 12.6 Å². The summed E-state index contributed by atoms with van der Waals surface area (Å²) in [6.45, 7) is 9.43. The molecule has 3 rings (SSSR count). The molecular weight excluding hydrogens is 286 g/mol. The second kappa shape index (κ2) is 5.60. The van der Waals surface area contributed by atoms with Gasteiger partial charge in [-0.15, -0.1) is 0 Å². The van der Waals surface area contributed by atoms with E-state index in [0.717, 1.165) is 5.56 Å². The Bertz CT molecular complexity index is 539. The Hall–Kier alpha value is -0.945. The molecule has 4 nitrogen and oxygen atoms in total. The van der Waals surface area contributed by atoms with Crippen LogP contribution in [0.25, 0.3) is 0 Å². The van der Waals surface area contributed by atoms with E-state index in [9.17, 15) is 4.39 Å². The third kappa shape index (κ3) is 2.81. The van der Waals surface area contributed by atoms with E-state index in [0.29, 0.717) is 25.3 Å². The molecule has 1 aromatic rings. The summed E-state index contributed by atoms with van der Waals surface area (Å²) in [4.78, 5) is 0. The summed E-state index contributed by atoms with van der Waals surface area (Å²) in [6, 6.07) is 4.92.